The Morgan fingerprint density at radius 2 is 1.62 bits per heavy atom. The van der Waals surface area contributed by atoms with E-state index >= 15 is 0 Å². The Balaban J connectivity index is 1.11. The Bertz CT molecular complexity index is 2300. The van der Waals surface area contributed by atoms with Crippen LogP contribution in [-0.4, -0.2) is 118 Å². The van der Waals surface area contributed by atoms with Crippen molar-refractivity contribution in [3.8, 4) is 0 Å². The first-order chi connectivity index (χ1) is 24.8. The van der Waals surface area contributed by atoms with Crippen molar-refractivity contribution in [3.63, 3.8) is 0 Å². The number of nitrogens with one attached hydrogen (secondary N) is 3. The molecule has 6 rings (SSSR count). The van der Waals surface area contributed by atoms with Crippen LogP contribution in [0.25, 0.3) is 22.3 Å². The van der Waals surface area contributed by atoms with Crippen LogP contribution in [0.2, 0.25) is 0 Å². The van der Waals surface area contributed by atoms with Crippen molar-refractivity contribution < 1.29 is 79.8 Å². The average molecular weight is 816 g/mol. The van der Waals surface area contributed by atoms with Gasteiger partial charge in [0.25, 0.3) is 17.2 Å². The maximum Gasteiger partial charge on any atom is 0.488 e. The van der Waals surface area contributed by atoms with Gasteiger partial charge in [-0.15, -0.1) is 0 Å². The summed E-state index contributed by atoms with van der Waals surface area (Å²) in [6, 6.07) is 0. The Labute approximate surface area is 295 Å². The molecular formula is C24H36N9O17P3+2. The fourth-order valence-corrected chi connectivity index (χ4v) is 10.6. The van der Waals surface area contributed by atoms with Crippen molar-refractivity contribution in [2.24, 2.45) is 7.05 Å². The number of nitrogen functional groups attached to an aromatic ring is 1. The van der Waals surface area contributed by atoms with E-state index in [4.69, 9.17) is 29.2 Å². The monoisotopic (exact) mass is 815 g/mol. The number of imidazole rings is 2. The second-order valence-corrected chi connectivity index (χ2v) is 17.1. The van der Waals surface area contributed by atoms with Gasteiger partial charge >= 0.3 is 34.4 Å². The predicted octanol–water partition coefficient (Wildman–Crippen LogP) is -3.03. The number of nitrogens with zero attached hydrogens (tertiary/aromatic N) is 5. The molecule has 0 radical (unpaired) electrons. The van der Waals surface area contributed by atoms with Gasteiger partial charge in [-0.25, -0.2) is 32.4 Å². The number of aromatic nitrogens is 8. The van der Waals surface area contributed by atoms with E-state index in [0.29, 0.717) is 0 Å². The summed E-state index contributed by atoms with van der Waals surface area (Å²) in [5, 5.41) is 21.3. The summed E-state index contributed by atoms with van der Waals surface area (Å²) in [7, 11) is -12.7. The maximum atomic E-state index is 13.1. The average Bonchev–Trinajstić information content (AvgIpc) is 3.80. The highest BCUT2D eigenvalue weighted by atomic mass is 31.3. The maximum absolute atomic E-state index is 13.1. The van der Waals surface area contributed by atoms with Crippen LogP contribution in [-0.2, 0) is 52.8 Å². The minimum atomic E-state index is -5.89. The molecule has 6 heterocycles. The van der Waals surface area contributed by atoms with Crippen molar-refractivity contribution in [2.75, 3.05) is 32.7 Å². The third kappa shape index (κ3) is 7.67. The molecule has 53 heavy (non-hydrogen) atoms. The number of rotatable bonds is 13. The fraction of sp³-hybridized carbons (Fsp3) is 0.583. The summed E-state index contributed by atoms with van der Waals surface area (Å²) in [5.74, 6) is 0.00410. The molecule has 10 N–H and O–H groups in total. The van der Waals surface area contributed by atoms with Gasteiger partial charge in [-0.05, 0) is 0 Å². The largest absolute Gasteiger partial charge is 0.488 e. The van der Waals surface area contributed by atoms with Crippen LogP contribution in [0.5, 0.6) is 0 Å². The predicted molar refractivity (Wildman–Crippen MR) is 171 cm³/mol. The van der Waals surface area contributed by atoms with Crippen LogP contribution in [0.15, 0.2) is 22.2 Å². The molecule has 0 saturated carbocycles. The van der Waals surface area contributed by atoms with Crippen LogP contribution in [0.4, 0.5) is 5.95 Å². The number of ether oxygens (including phenoxy) is 4. The molecule has 292 valence electrons. The Morgan fingerprint density at radius 3 is 2.30 bits per heavy atom. The van der Waals surface area contributed by atoms with Gasteiger partial charge in [0.05, 0.1) is 19.8 Å². The minimum absolute atomic E-state index is 0.0334. The van der Waals surface area contributed by atoms with E-state index in [1.807, 2.05) is 0 Å². The molecule has 26 nitrogen and oxygen atoms in total. The summed E-state index contributed by atoms with van der Waals surface area (Å²) in [6.45, 7) is 0.508. The van der Waals surface area contributed by atoms with Crippen molar-refractivity contribution in [3.05, 3.63) is 39.2 Å². The minimum Gasteiger partial charge on any atom is -0.387 e. The Kier molecular flexibility index (Phi) is 10.7. The van der Waals surface area contributed by atoms with E-state index in [2.05, 4.69) is 33.5 Å². The number of phosphoric ester groups is 1. The van der Waals surface area contributed by atoms with Crippen molar-refractivity contribution in [1.29, 1.82) is 0 Å². The van der Waals surface area contributed by atoms with Crippen LogP contribution in [0.3, 0.4) is 0 Å². The number of phosphoric acid groups is 2. The molecule has 4 aromatic heterocycles. The van der Waals surface area contributed by atoms with E-state index < -0.39 is 96.2 Å². The third-order valence-electron chi connectivity index (χ3n) is 8.47. The van der Waals surface area contributed by atoms with Crippen LogP contribution < -0.4 is 26.0 Å². The second kappa shape index (κ2) is 14.4. The number of aromatic amines is 3. The van der Waals surface area contributed by atoms with E-state index in [0.717, 1.165) is 0 Å². The van der Waals surface area contributed by atoms with E-state index in [1.54, 1.807) is 0 Å². The molecule has 11 atom stereocenters. The van der Waals surface area contributed by atoms with Gasteiger partial charge in [-0.3, -0.25) is 23.4 Å². The first-order valence-corrected chi connectivity index (χ1v) is 20.0. The first kappa shape index (κ1) is 39.4. The summed E-state index contributed by atoms with van der Waals surface area (Å²) in [4.78, 5) is 71.6. The molecule has 4 aromatic rings. The van der Waals surface area contributed by atoms with E-state index in [1.165, 1.54) is 54.5 Å². The summed E-state index contributed by atoms with van der Waals surface area (Å²) < 4.78 is 78.5. The topological polar surface area (TPSA) is 363 Å². The molecule has 2 saturated heterocycles. The zero-order valence-electron chi connectivity index (χ0n) is 28.0. The summed E-state index contributed by atoms with van der Waals surface area (Å²) in [5.41, 5.74) is 4.77. The molecule has 2 aliphatic heterocycles. The molecule has 2 aliphatic rings. The smallest absolute Gasteiger partial charge is 0.387 e. The number of aryl methyl sites for hydroxylation is 2. The zero-order valence-corrected chi connectivity index (χ0v) is 30.7. The fourth-order valence-electron chi connectivity index (χ4n) is 6.30. The van der Waals surface area contributed by atoms with Gasteiger partial charge in [0.1, 0.15) is 36.6 Å². The van der Waals surface area contributed by atoms with Gasteiger partial charge in [0, 0.05) is 21.1 Å². The highest BCUT2D eigenvalue weighted by Gasteiger charge is 2.53. The first-order valence-electron chi connectivity index (χ1n) is 15.3. The van der Waals surface area contributed by atoms with Gasteiger partial charge in [-0.2, -0.15) is 4.31 Å². The number of fused-ring (bicyclic) bond motifs is 2. The molecule has 0 spiro atoms. The third-order valence-corrected chi connectivity index (χ3v) is 13.3. The van der Waals surface area contributed by atoms with Crippen molar-refractivity contribution in [2.45, 2.75) is 56.0 Å². The van der Waals surface area contributed by atoms with Crippen LogP contribution >= 0.6 is 23.2 Å². The lowest BCUT2D eigenvalue weighted by Gasteiger charge is -2.23. The lowest BCUT2D eigenvalue weighted by atomic mass is 10.1. The number of aliphatic hydroxyl groups is 2. The molecule has 2 fully saturated rings. The van der Waals surface area contributed by atoms with Gasteiger partial charge in [0.15, 0.2) is 12.7 Å². The SMILES string of the molecule is COC1[C@@H](OC)[C@@H](CP(=O)(O)OP(=O)(O)OP(=O)(O)OC[C@H]2O[C@@H]([n+]3cn(C)c4c(=O)[nH]c(N)nc43)C(O)[C@H]2O)O[C@H]1[n+]1c(C)[nH]c(=O)c2[nH]cnc21. The van der Waals surface area contributed by atoms with E-state index in [9.17, 15) is 48.2 Å². The molecule has 0 aliphatic carbocycles. The summed E-state index contributed by atoms with van der Waals surface area (Å²) >= 11 is 0. The van der Waals surface area contributed by atoms with Gasteiger partial charge < -0.3 is 54.6 Å². The molecule has 0 aromatic carbocycles. The number of hydrogen-bond acceptors (Lipinski definition) is 17. The Morgan fingerprint density at radius 1 is 0.943 bits per heavy atom. The summed E-state index contributed by atoms with van der Waals surface area (Å²) in [6.07, 6.45) is -9.53. The van der Waals surface area contributed by atoms with Crippen LogP contribution in [0.1, 0.15) is 18.3 Å². The lowest BCUT2D eigenvalue weighted by Crippen LogP contribution is -2.51. The molecule has 5 unspecified atom stereocenters. The van der Waals surface area contributed by atoms with E-state index in [-0.39, 0.29) is 34.1 Å². The highest BCUT2D eigenvalue weighted by molar-refractivity contribution is 7.68. The normalized spacial score (nSPS) is 29.8. The zero-order chi connectivity index (χ0) is 38.8. The van der Waals surface area contributed by atoms with Crippen molar-refractivity contribution in [1.82, 2.24) is 29.5 Å². The standard InChI is InChI=1S/C24H34N9O17P3/c1-9-28-20(36)12-18(27-7-26-12)33(9)23-17(45-4)16(44-3)11(48-23)6-51(38,39)49-53(42,43)50-52(40,41)46-5-10-14(34)15(35)22(47-10)32-8-31(2)13-19(32)29-24(25)30-21(13)37/h7-8,10-11,14-17,22-23,34-35H,5-6H2,1-4H3,(H6-,25,26,27,29,30,36,37,38,39,40,41,42,43)/p+2/t10-,11-,14+,15?,16+,17?,22-,23-/m1/s1. The molecule has 29 heteroatoms. The quantitative estimate of drug-likeness (QED) is 0.0479. The molecule has 0 amide bonds. The number of hydrogen-bond donors (Lipinski definition) is 9. The second-order valence-electron chi connectivity index (χ2n) is 12.0. The van der Waals surface area contributed by atoms with Crippen LogP contribution in [0, 0.1) is 6.92 Å². The molecule has 0 bridgehead atoms. The van der Waals surface area contributed by atoms with Gasteiger partial charge in [0.2, 0.25) is 29.3 Å². The number of nitrogens with two attached hydrogens (primary N) is 1. The number of aliphatic hydroxyl groups excluding tert-OH is 2. The number of H-pyrrole nitrogens is 3. The highest BCUT2D eigenvalue weighted by Crippen LogP contribution is 2.68. The number of anilines is 1. The Hall–Kier alpha value is -3.29. The molecular weight excluding hydrogens is 779 g/mol. The lowest BCUT2D eigenvalue weighted by molar-refractivity contribution is -0.752. The van der Waals surface area contributed by atoms with Gasteiger partial charge in [-0.1, -0.05) is 9.97 Å². The van der Waals surface area contributed by atoms with Crippen molar-refractivity contribution >= 4 is 51.5 Å². The number of methoxy groups -OCH3 is 2.